The lowest BCUT2D eigenvalue weighted by Gasteiger charge is -2.12. The number of carbonyl (C=O) groups excluding carboxylic acids is 1. The number of aromatic amines is 1. The number of aromatic nitrogens is 3. The third-order valence-corrected chi connectivity index (χ3v) is 2.52. The first-order chi connectivity index (χ1) is 8.58. The highest BCUT2D eigenvalue weighted by Crippen LogP contribution is 2.02. The Morgan fingerprint density at radius 3 is 2.67 bits per heavy atom. The Labute approximate surface area is 105 Å². The summed E-state index contributed by atoms with van der Waals surface area (Å²) in [7, 11) is 0. The van der Waals surface area contributed by atoms with Crippen molar-refractivity contribution in [2.75, 3.05) is 0 Å². The molecular weight excluding hydrogens is 236 g/mol. The second-order valence-corrected chi connectivity index (χ2v) is 3.97. The lowest BCUT2D eigenvalue weighted by atomic mass is 10.1. The summed E-state index contributed by atoms with van der Waals surface area (Å²) in [6.07, 6.45) is 2.66. The minimum atomic E-state index is -1.04. The Balaban J connectivity index is 2.62. The SMILES string of the molecule is CCCC[C@H](NC(=O)c1n[nH]c(CC)n1)C(=O)O. The first-order valence-corrected chi connectivity index (χ1v) is 6.03. The summed E-state index contributed by atoms with van der Waals surface area (Å²) in [4.78, 5) is 26.7. The van der Waals surface area contributed by atoms with Crippen LogP contribution < -0.4 is 5.32 Å². The molecule has 1 aromatic rings. The van der Waals surface area contributed by atoms with Gasteiger partial charge in [-0.15, -0.1) is 5.10 Å². The Kier molecular flexibility index (Phi) is 5.29. The molecule has 18 heavy (non-hydrogen) atoms. The van der Waals surface area contributed by atoms with Crippen molar-refractivity contribution in [3.63, 3.8) is 0 Å². The minimum Gasteiger partial charge on any atom is -0.480 e. The number of aliphatic carboxylic acids is 1. The van der Waals surface area contributed by atoms with Crippen LogP contribution in [0.25, 0.3) is 0 Å². The molecule has 0 bridgehead atoms. The molecule has 0 aliphatic rings. The maximum atomic E-state index is 11.7. The molecule has 0 fully saturated rings. The van der Waals surface area contributed by atoms with Gasteiger partial charge in [0.1, 0.15) is 11.9 Å². The Morgan fingerprint density at radius 2 is 2.17 bits per heavy atom. The zero-order valence-corrected chi connectivity index (χ0v) is 10.6. The summed E-state index contributed by atoms with van der Waals surface area (Å²) in [5.41, 5.74) is 0. The number of carbonyl (C=O) groups is 2. The first-order valence-electron chi connectivity index (χ1n) is 6.03. The highest BCUT2D eigenvalue weighted by atomic mass is 16.4. The van der Waals surface area contributed by atoms with E-state index in [0.717, 1.165) is 12.8 Å². The van der Waals surface area contributed by atoms with E-state index in [4.69, 9.17) is 5.11 Å². The van der Waals surface area contributed by atoms with Gasteiger partial charge in [-0.05, 0) is 6.42 Å². The molecule has 0 radical (unpaired) electrons. The van der Waals surface area contributed by atoms with E-state index in [0.29, 0.717) is 18.7 Å². The van der Waals surface area contributed by atoms with E-state index >= 15 is 0 Å². The van der Waals surface area contributed by atoms with Crippen molar-refractivity contribution in [1.82, 2.24) is 20.5 Å². The first kappa shape index (κ1) is 14.1. The minimum absolute atomic E-state index is 0.0189. The van der Waals surface area contributed by atoms with Gasteiger partial charge in [0.05, 0.1) is 0 Å². The average molecular weight is 254 g/mol. The fourth-order valence-corrected chi connectivity index (χ4v) is 1.44. The molecular formula is C11H18N4O3. The second-order valence-electron chi connectivity index (χ2n) is 3.97. The van der Waals surface area contributed by atoms with Gasteiger partial charge < -0.3 is 10.4 Å². The number of aryl methyl sites for hydroxylation is 1. The molecule has 0 spiro atoms. The lowest BCUT2D eigenvalue weighted by Crippen LogP contribution is -2.41. The monoisotopic (exact) mass is 254 g/mol. The van der Waals surface area contributed by atoms with Gasteiger partial charge in [-0.1, -0.05) is 26.7 Å². The predicted octanol–water partition coefficient (Wildman–Crippen LogP) is 0.740. The predicted molar refractivity (Wildman–Crippen MR) is 64.2 cm³/mol. The van der Waals surface area contributed by atoms with E-state index in [-0.39, 0.29) is 5.82 Å². The van der Waals surface area contributed by atoms with Gasteiger partial charge in [0, 0.05) is 6.42 Å². The third kappa shape index (κ3) is 3.83. The van der Waals surface area contributed by atoms with Crippen molar-refractivity contribution in [3.8, 4) is 0 Å². The standard InChI is InChI=1S/C11H18N4O3/c1-3-5-6-7(11(17)18)12-10(16)9-13-8(4-2)14-15-9/h7H,3-6H2,1-2H3,(H,12,16)(H,17,18)(H,13,14,15)/t7-/m0/s1. The van der Waals surface area contributed by atoms with Gasteiger partial charge in [-0.25, -0.2) is 9.78 Å². The molecule has 3 N–H and O–H groups in total. The Morgan fingerprint density at radius 1 is 1.44 bits per heavy atom. The smallest absolute Gasteiger partial charge is 0.326 e. The van der Waals surface area contributed by atoms with E-state index in [1.165, 1.54) is 0 Å². The number of hydrogen-bond donors (Lipinski definition) is 3. The van der Waals surface area contributed by atoms with Crippen LogP contribution in [0.2, 0.25) is 0 Å². The number of unbranched alkanes of at least 4 members (excludes halogenated alkanes) is 1. The van der Waals surface area contributed by atoms with Crippen LogP contribution in [0.1, 0.15) is 49.6 Å². The van der Waals surface area contributed by atoms with E-state index in [1.54, 1.807) is 0 Å². The summed E-state index contributed by atoms with van der Waals surface area (Å²) < 4.78 is 0. The van der Waals surface area contributed by atoms with E-state index in [9.17, 15) is 9.59 Å². The van der Waals surface area contributed by atoms with Crippen molar-refractivity contribution < 1.29 is 14.7 Å². The van der Waals surface area contributed by atoms with Crippen molar-refractivity contribution in [3.05, 3.63) is 11.6 Å². The van der Waals surface area contributed by atoms with E-state index in [1.807, 2.05) is 13.8 Å². The third-order valence-electron chi connectivity index (χ3n) is 2.52. The molecule has 0 saturated heterocycles. The van der Waals surface area contributed by atoms with Gasteiger partial charge in [0.25, 0.3) is 5.91 Å². The number of carboxylic acids is 1. The molecule has 1 aromatic heterocycles. The van der Waals surface area contributed by atoms with Crippen LogP contribution in [-0.2, 0) is 11.2 Å². The molecule has 0 aliphatic carbocycles. The number of amides is 1. The van der Waals surface area contributed by atoms with Crippen LogP contribution >= 0.6 is 0 Å². The summed E-state index contributed by atoms with van der Waals surface area (Å²) in [6, 6.07) is -0.888. The topological polar surface area (TPSA) is 108 Å². The van der Waals surface area contributed by atoms with E-state index < -0.39 is 17.9 Å². The molecule has 0 aromatic carbocycles. The largest absolute Gasteiger partial charge is 0.480 e. The van der Waals surface area contributed by atoms with Crippen LogP contribution in [0.5, 0.6) is 0 Å². The second kappa shape index (κ2) is 6.73. The fraction of sp³-hybridized carbons (Fsp3) is 0.636. The van der Waals surface area contributed by atoms with Gasteiger partial charge in [-0.2, -0.15) is 0 Å². The van der Waals surface area contributed by atoms with Gasteiger partial charge in [-0.3, -0.25) is 9.89 Å². The van der Waals surface area contributed by atoms with Crippen molar-refractivity contribution in [1.29, 1.82) is 0 Å². The van der Waals surface area contributed by atoms with Crippen LogP contribution in [0.3, 0.4) is 0 Å². The number of H-pyrrole nitrogens is 1. The number of rotatable bonds is 7. The van der Waals surface area contributed by atoms with Crippen molar-refractivity contribution in [2.24, 2.45) is 0 Å². The number of carboxylic acid groups (broad SMARTS) is 1. The van der Waals surface area contributed by atoms with E-state index in [2.05, 4.69) is 20.5 Å². The van der Waals surface area contributed by atoms with Crippen LogP contribution in [0.4, 0.5) is 0 Å². The summed E-state index contributed by atoms with van der Waals surface area (Å²) >= 11 is 0. The quantitative estimate of drug-likeness (QED) is 0.665. The molecule has 7 nitrogen and oxygen atoms in total. The number of hydrogen-bond acceptors (Lipinski definition) is 4. The zero-order valence-electron chi connectivity index (χ0n) is 10.6. The van der Waals surface area contributed by atoms with Gasteiger partial charge in [0.15, 0.2) is 0 Å². The maximum Gasteiger partial charge on any atom is 0.326 e. The Hall–Kier alpha value is -1.92. The van der Waals surface area contributed by atoms with Crippen molar-refractivity contribution in [2.45, 2.75) is 45.6 Å². The molecule has 1 amide bonds. The number of nitrogens with zero attached hydrogens (tertiary/aromatic N) is 2. The molecule has 0 unspecified atom stereocenters. The average Bonchev–Trinajstić information content (AvgIpc) is 2.82. The lowest BCUT2D eigenvalue weighted by molar-refractivity contribution is -0.139. The summed E-state index contributed by atoms with van der Waals surface area (Å²) in [5.74, 6) is -1.02. The van der Waals surface area contributed by atoms with Crippen LogP contribution in [0.15, 0.2) is 0 Å². The molecule has 1 atom stereocenters. The molecule has 1 heterocycles. The fourth-order valence-electron chi connectivity index (χ4n) is 1.44. The highest BCUT2D eigenvalue weighted by Gasteiger charge is 2.22. The van der Waals surface area contributed by atoms with Crippen LogP contribution in [-0.4, -0.2) is 38.2 Å². The molecule has 100 valence electrons. The summed E-state index contributed by atoms with van der Waals surface area (Å²) in [5, 5.41) is 17.8. The van der Waals surface area contributed by atoms with Crippen molar-refractivity contribution >= 4 is 11.9 Å². The van der Waals surface area contributed by atoms with Gasteiger partial charge >= 0.3 is 5.97 Å². The number of nitrogens with one attached hydrogen (secondary N) is 2. The van der Waals surface area contributed by atoms with Crippen LogP contribution in [0, 0.1) is 0 Å². The maximum absolute atomic E-state index is 11.7. The molecule has 1 rings (SSSR count). The molecule has 7 heteroatoms. The highest BCUT2D eigenvalue weighted by molar-refractivity contribution is 5.93. The molecule has 0 saturated carbocycles. The Bertz CT molecular complexity index is 416. The normalized spacial score (nSPS) is 12.1. The zero-order chi connectivity index (χ0) is 13.5. The summed E-state index contributed by atoms with van der Waals surface area (Å²) in [6.45, 7) is 3.84. The molecule has 0 aliphatic heterocycles. The van der Waals surface area contributed by atoms with Gasteiger partial charge in [0.2, 0.25) is 5.82 Å².